The molecule has 0 saturated carbocycles. The second-order valence-corrected chi connectivity index (χ2v) is 12.5. The summed E-state index contributed by atoms with van der Waals surface area (Å²) in [4.78, 5) is 12.7. The predicted molar refractivity (Wildman–Crippen MR) is 83.6 cm³/mol. The molecule has 1 atom stereocenters. The van der Waals surface area contributed by atoms with Crippen LogP contribution >= 0.6 is 0 Å². The maximum absolute atomic E-state index is 11.4. The summed E-state index contributed by atoms with van der Waals surface area (Å²) >= 11 is 0. The summed E-state index contributed by atoms with van der Waals surface area (Å²) in [5.74, 6) is 0. The lowest BCUT2D eigenvalue weighted by molar-refractivity contribution is 0.0242. The lowest BCUT2D eigenvalue weighted by Gasteiger charge is -2.42. The highest BCUT2D eigenvalue weighted by atomic mass is 28.4. The summed E-state index contributed by atoms with van der Waals surface area (Å²) in [5, 5.41) is 19.0. The fourth-order valence-corrected chi connectivity index (χ4v) is 2.76. The molecule has 0 heterocycles. The molecule has 0 unspecified atom stereocenters. The van der Waals surface area contributed by atoms with Crippen molar-refractivity contribution in [2.24, 2.45) is 0 Å². The Morgan fingerprint density at radius 1 is 1.20 bits per heavy atom. The molecule has 0 rings (SSSR count). The third-order valence-corrected chi connectivity index (χ3v) is 8.45. The van der Waals surface area contributed by atoms with Crippen LogP contribution in [0.4, 0.5) is 4.79 Å². The number of rotatable bonds is 5. The van der Waals surface area contributed by atoms with E-state index in [0.29, 0.717) is 0 Å². The number of hydrogen-bond acceptors (Lipinski definition) is 3. The van der Waals surface area contributed by atoms with Crippen molar-refractivity contribution in [3.05, 3.63) is 0 Å². The normalized spacial score (nSPS) is 15.1. The molecule has 0 aromatic heterocycles. The van der Waals surface area contributed by atoms with Crippen molar-refractivity contribution in [1.82, 2.24) is 4.90 Å². The van der Waals surface area contributed by atoms with Crippen molar-refractivity contribution >= 4 is 14.4 Å². The molecule has 0 aliphatic heterocycles. The van der Waals surface area contributed by atoms with Crippen LogP contribution < -0.4 is 0 Å². The van der Waals surface area contributed by atoms with Gasteiger partial charge in [0, 0.05) is 5.54 Å². The van der Waals surface area contributed by atoms with Crippen molar-refractivity contribution < 1.29 is 19.4 Å². The van der Waals surface area contributed by atoms with Gasteiger partial charge in [0.2, 0.25) is 0 Å². The standard InChI is InChI=1S/C14H31NO4Si/c1-13(2,3)15(12(17)18)11(9-16)10-19-20(7,8)14(4,5)6/h11,16H,9-10H2,1-8H3,(H,17,18)/t11-/m1/s1. The van der Waals surface area contributed by atoms with Gasteiger partial charge in [0.1, 0.15) is 0 Å². The van der Waals surface area contributed by atoms with Crippen LogP contribution in [0.15, 0.2) is 0 Å². The third-order valence-electron chi connectivity index (χ3n) is 3.95. The Labute approximate surface area is 124 Å². The maximum atomic E-state index is 11.4. The van der Waals surface area contributed by atoms with Gasteiger partial charge in [-0.2, -0.15) is 0 Å². The van der Waals surface area contributed by atoms with Crippen LogP contribution in [0.5, 0.6) is 0 Å². The highest BCUT2D eigenvalue weighted by Gasteiger charge is 2.39. The molecule has 1 amide bonds. The second-order valence-electron chi connectivity index (χ2n) is 7.73. The summed E-state index contributed by atoms with van der Waals surface area (Å²) in [6, 6.07) is -0.540. The average molecular weight is 305 g/mol. The molecule has 120 valence electrons. The monoisotopic (exact) mass is 305 g/mol. The van der Waals surface area contributed by atoms with E-state index in [4.69, 9.17) is 4.43 Å². The first-order valence-electron chi connectivity index (χ1n) is 7.01. The summed E-state index contributed by atoms with van der Waals surface area (Å²) in [6.07, 6.45) is -1.03. The van der Waals surface area contributed by atoms with Crippen molar-refractivity contribution in [3.63, 3.8) is 0 Å². The molecule has 0 aliphatic rings. The number of aliphatic hydroxyl groups is 1. The summed E-state index contributed by atoms with van der Waals surface area (Å²) < 4.78 is 6.05. The SMILES string of the molecule is CC(C)(C)N(C(=O)O)[C@H](CO)CO[Si](C)(C)C(C)(C)C. The number of amides is 1. The van der Waals surface area contributed by atoms with E-state index < -0.39 is 26.0 Å². The molecule has 0 aromatic rings. The van der Waals surface area contributed by atoms with Crippen LogP contribution in [0.3, 0.4) is 0 Å². The van der Waals surface area contributed by atoms with Gasteiger partial charge >= 0.3 is 6.09 Å². The lowest BCUT2D eigenvalue weighted by atomic mass is 10.0. The maximum Gasteiger partial charge on any atom is 0.408 e. The van der Waals surface area contributed by atoms with E-state index >= 15 is 0 Å². The van der Waals surface area contributed by atoms with E-state index in [9.17, 15) is 15.0 Å². The molecule has 2 N–H and O–H groups in total. The molecule has 20 heavy (non-hydrogen) atoms. The van der Waals surface area contributed by atoms with Gasteiger partial charge in [0.05, 0.1) is 19.3 Å². The lowest BCUT2D eigenvalue weighted by Crippen LogP contribution is -2.55. The largest absolute Gasteiger partial charge is 0.465 e. The fraction of sp³-hybridized carbons (Fsp3) is 0.929. The molecule has 0 fully saturated rings. The summed E-state index contributed by atoms with van der Waals surface area (Å²) in [7, 11) is -1.95. The fourth-order valence-electron chi connectivity index (χ4n) is 1.72. The van der Waals surface area contributed by atoms with Crippen LogP contribution in [0.1, 0.15) is 41.5 Å². The second kappa shape index (κ2) is 6.45. The third kappa shape index (κ3) is 5.07. The first-order valence-corrected chi connectivity index (χ1v) is 9.92. The first kappa shape index (κ1) is 19.4. The Morgan fingerprint density at radius 3 is 1.90 bits per heavy atom. The van der Waals surface area contributed by atoms with E-state index in [2.05, 4.69) is 33.9 Å². The number of carbonyl (C=O) groups is 1. The van der Waals surface area contributed by atoms with Crippen LogP contribution in [0, 0.1) is 0 Å². The average Bonchev–Trinajstić information content (AvgIpc) is 2.19. The van der Waals surface area contributed by atoms with Gasteiger partial charge < -0.3 is 14.6 Å². The Hall–Kier alpha value is -0.593. The van der Waals surface area contributed by atoms with E-state index in [1.54, 1.807) is 0 Å². The molecule has 0 radical (unpaired) electrons. The van der Waals surface area contributed by atoms with Gasteiger partial charge in [-0.3, -0.25) is 4.90 Å². The Kier molecular flexibility index (Phi) is 6.26. The zero-order chi connectivity index (χ0) is 16.4. The number of nitrogens with zero attached hydrogens (tertiary/aromatic N) is 1. The van der Waals surface area contributed by atoms with Gasteiger partial charge in [-0.15, -0.1) is 0 Å². The molecule has 0 aromatic carbocycles. The van der Waals surface area contributed by atoms with E-state index in [0.717, 1.165) is 0 Å². The minimum absolute atomic E-state index is 0.0583. The highest BCUT2D eigenvalue weighted by molar-refractivity contribution is 6.74. The van der Waals surface area contributed by atoms with Crippen LogP contribution in [-0.4, -0.2) is 54.3 Å². The van der Waals surface area contributed by atoms with Crippen molar-refractivity contribution in [2.75, 3.05) is 13.2 Å². The first-order chi connectivity index (χ1) is 8.74. The van der Waals surface area contributed by atoms with E-state index in [1.807, 2.05) is 20.8 Å². The molecule has 5 nitrogen and oxygen atoms in total. The van der Waals surface area contributed by atoms with Gasteiger partial charge in [-0.05, 0) is 38.9 Å². The van der Waals surface area contributed by atoms with Gasteiger partial charge in [0.15, 0.2) is 8.32 Å². The number of hydrogen-bond donors (Lipinski definition) is 2. The Morgan fingerprint density at radius 2 is 1.65 bits per heavy atom. The zero-order valence-corrected chi connectivity index (χ0v) is 15.1. The molecule has 0 saturated heterocycles. The van der Waals surface area contributed by atoms with Gasteiger partial charge in [-0.1, -0.05) is 20.8 Å². The van der Waals surface area contributed by atoms with E-state index in [1.165, 1.54) is 4.90 Å². The molecular formula is C14H31NO4Si. The van der Waals surface area contributed by atoms with Gasteiger partial charge in [-0.25, -0.2) is 4.79 Å². The molecule has 6 heteroatoms. The minimum Gasteiger partial charge on any atom is -0.465 e. The summed E-state index contributed by atoms with van der Waals surface area (Å²) in [6.45, 7) is 16.1. The molecule has 0 aliphatic carbocycles. The Bertz CT molecular complexity index is 331. The molecular weight excluding hydrogens is 274 g/mol. The molecule has 0 spiro atoms. The highest BCUT2D eigenvalue weighted by Crippen LogP contribution is 2.36. The van der Waals surface area contributed by atoms with Crippen molar-refractivity contribution in [2.45, 2.75) is 71.3 Å². The zero-order valence-electron chi connectivity index (χ0n) is 14.1. The Balaban J connectivity index is 4.99. The smallest absolute Gasteiger partial charge is 0.408 e. The van der Waals surface area contributed by atoms with E-state index in [-0.39, 0.29) is 18.3 Å². The predicted octanol–water partition coefficient (Wildman–Crippen LogP) is 3.15. The topological polar surface area (TPSA) is 70.0 Å². The quantitative estimate of drug-likeness (QED) is 0.766. The minimum atomic E-state index is -1.95. The van der Waals surface area contributed by atoms with Crippen LogP contribution in [0.2, 0.25) is 18.1 Å². The number of aliphatic hydroxyl groups excluding tert-OH is 1. The molecule has 0 bridgehead atoms. The number of carboxylic acid groups (broad SMARTS) is 1. The van der Waals surface area contributed by atoms with Crippen molar-refractivity contribution in [1.29, 1.82) is 0 Å². The van der Waals surface area contributed by atoms with Gasteiger partial charge in [0.25, 0.3) is 0 Å². The van der Waals surface area contributed by atoms with Crippen LogP contribution in [0.25, 0.3) is 0 Å². The van der Waals surface area contributed by atoms with Crippen molar-refractivity contribution in [3.8, 4) is 0 Å². The van der Waals surface area contributed by atoms with Crippen LogP contribution in [-0.2, 0) is 4.43 Å². The summed E-state index contributed by atoms with van der Waals surface area (Å²) in [5.41, 5.74) is -0.573.